The Morgan fingerprint density at radius 1 is 1.21 bits per heavy atom. The molecule has 0 radical (unpaired) electrons. The number of anilines is 3. The number of ether oxygens (including phenoxy) is 1. The Balaban J connectivity index is 1.45. The van der Waals surface area contributed by atoms with Crippen molar-refractivity contribution in [3.8, 4) is 28.8 Å². The molecule has 1 fully saturated rings. The average Bonchev–Trinajstić information content (AvgIpc) is 3.08. The summed E-state index contributed by atoms with van der Waals surface area (Å²) in [7, 11) is 0. The predicted octanol–water partition coefficient (Wildman–Crippen LogP) is 3.20. The topological polar surface area (TPSA) is 143 Å². The Morgan fingerprint density at radius 3 is 2.77 bits per heavy atom. The van der Waals surface area contributed by atoms with Crippen LogP contribution in [0.2, 0.25) is 0 Å². The number of phenolic OH excluding ortho intramolecular Hbond substituents is 1. The van der Waals surface area contributed by atoms with E-state index in [-0.39, 0.29) is 18.3 Å². The summed E-state index contributed by atoms with van der Waals surface area (Å²) in [6, 6.07) is 11.0. The van der Waals surface area contributed by atoms with E-state index >= 15 is 0 Å². The van der Waals surface area contributed by atoms with Crippen LogP contribution in [0.5, 0.6) is 5.75 Å². The van der Waals surface area contributed by atoms with Gasteiger partial charge in [-0.15, -0.1) is 10.2 Å². The molecule has 2 aromatic heterocycles. The molecule has 1 atom stereocenters. The third-order valence-corrected chi connectivity index (χ3v) is 6.14. The number of hydrogen-bond donors (Lipinski definition) is 3. The molecule has 3 aromatic rings. The van der Waals surface area contributed by atoms with Gasteiger partial charge in [0.15, 0.2) is 5.82 Å². The largest absolute Gasteiger partial charge is 0.507 e. The van der Waals surface area contributed by atoms with E-state index < -0.39 is 11.7 Å². The van der Waals surface area contributed by atoms with E-state index in [1.165, 1.54) is 0 Å². The quantitative estimate of drug-likeness (QED) is 0.430. The standard InChI is InChI=1S/C28H34N8O3/c1-19-12-15-35(22-18-21(33-34-26(22)29)20-8-5-6-9-23(20)37)16-17-36(19)25-11-14-30-24(32-25)10-7-13-31-27(38)39-28(2,3)4/h5-6,8-9,11,14,18-19,37H,12-13,15-17H2,1-4H3,(H2,29,34)(H,31,38). The minimum absolute atomic E-state index is 0.127. The first-order valence-electron chi connectivity index (χ1n) is 12.8. The molecule has 1 aliphatic heterocycles. The summed E-state index contributed by atoms with van der Waals surface area (Å²) in [6.45, 7) is 9.84. The molecule has 1 aliphatic rings. The van der Waals surface area contributed by atoms with Crippen molar-refractivity contribution in [3.63, 3.8) is 0 Å². The molecule has 0 saturated carbocycles. The molecule has 0 bridgehead atoms. The van der Waals surface area contributed by atoms with Crippen LogP contribution in [0.25, 0.3) is 11.3 Å². The molecule has 4 rings (SSSR count). The Kier molecular flexibility index (Phi) is 8.34. The van der Waals surface area contributed by atoms with E-state index in [1.807, 2.05) is 18.2 Å². The molecule has 1 unspecified atom stereocenters. The van der Waals surface area contributed by atoms with Gasteiger partial charge in [0, 0.05) is 37.4 Å². The second-order valence-corrected chi connectivity index (χ2v) is 10.2. The normalized spacial score (nSPS) is 15.6. The smallest absolute Gasteiger partial charge is 0.408 e. The van der Waals surface area contributed by atoms with E-state index in [9.17, 15) is 9.90 Å². The molecule has 39 heavy (non-hydrogen) atoms. The van der Waals surface area contributed by atoms with Gasteiger partial charge in [0.2, 0.25) is 5.82 Å². The van der Waals surface area contributed by atoms with Gasteiger partial charge < -0.3 is 30.7 Å². The maximum absolute atomic E-state index is 11.8. The summed E-state index contributed by atoms with van der Waals surface area (Å²) in [4.78, 5) is 25.1. The van der Waals surface area contributed by atoms with Gasteiger partial charge in [0.25, 0.3) is 0 Å². The van der Waals surface area contributed by atoms with Crippen LogP contribution in [-0.4, -0.2) is 69.2 Å². The first-order valence-corrected chi connectivity index (χ1v) is 12.8. The second-order valence-electron chi connectivity index (χ2n) is 10.2. The van der Waals surface area contributed by atoms with Crippen molar-refractivity contribution in [2.45, 2.75) is 45.8 Å². The third kappa shape index (κ3) is 7.25. The minimum Gasteiger partial charge on any atom is -0.507 e. The maximum Gasteiger partial charge on any atom is 0.408 e. The van der Waals surface area contributed by atoms with E-state index in [1.54, 1.807) is 45.2 Å². The molecule has 1 amide bonds. The van der Waals surface area contributed by atoms with Gasteiger partial charge in [0.1, 0.15) is 17.2 Å². The number of carbonyl (C=O) groups excluding carboxylic acids is 1. The highest BCUT2D eigenvalue weighted by Crippen LogP contribution is 2.32. The van der Waals surface area contributed by atoms with Crippen LogP contribution in [-0.2, 0) is 4.74 Å². The average molecular weight is 531 g/mol. The molecular weight excluding hydrogens is 496 g/mol. The Bertz CT molecular complexity index is 1380. The van der Waals surface area contributed by atoms with Gasteiger partial charge in [-0.05, 0) is 64.3 Å². The van der Waals surface area contributed by atoms with Crippen LogP contribution >= 0.6 is 0 Å². The third-order valence-electron chi connectivity index (χ3n) is 6.14. The van der Waals surface area contributed by atoms with E-state index in [2.05, 4.69) is 54.0 Å². The number of alkyl carbamates (subject to hydrolysis) is 1. The number of aromatic nitrogens is 4. The maximum atomic E-state index is 11.8. The van der Waals surface area contributed by atoms with Gasteiger partial charge >= 0.3 is 6.09 Å². The van der Waals surface area contributed by atoms with Crippen molar-refractivity contribution in [2.24, 2.45) is 0 Å². The van der Waals surface area contributed by atoms with Crippen LogP contribution < -0.4 is 20.9 Å². The highest BCUT2D eigenvalue weighted by Gasteiger charge is 2.24. The number of carbonyl (C=O) groups is 1. The fourth-order valence-corrected chi connectivity index (χ4v) is 4.23. The van der Waals surface area contributed by atoms with E-state index in [0.29, 0.717) is 36.0 Å². The second kappa shape index (κ2) is 11.9. The van der Waals surface area contributed by atoms with Crippen molar-refractivity contribution in [2.75, 3.05) is 41.7 Å². The zero-order valence-electron chi connectivity index (χ0n) is 22.7. The van der Waals surface area contributed by atoms with Crippen molar-refractivity contribution < 1.29 is 14.6 Å². The highest BCUT2D eigenvalue weighted by molar-refractivity contribution is 5.74. The van der Waals surface area contributed by atoms with Gasteiger partial charge in [-0.2, -0.15) is 0 Å². The van der Waals surface area contributed by atoms with Crippen LogP contribution in [0.3, 0.4) is 0 Å². The monoisotopic (exact) mass is 530 g/mol. The molecule has 1 aromatic carbocycles. The molecule has 11 nitrogen and oxygen atoms in total. The van der Waals surface area contributed by atoms with Gasteiger partial charge in [0.05, 0.1) is 17.9 Å². The molecule has 3 heterocycles. The zero-order valence-corrected chi connectivity index (χ0v) is 22.7. The number of phenols is 1. The summed E-state index contributed by atoms with van der Waals surface area (Å²) < 4.78 is 5.21. The number of benzene rings is 1. The van der Waals surface area contributed by atoms with Crippen molar-refractivity contribution >= 4 is 23.4 Å². The number of hydrogen-bond acceptors (Lipinski definition) is 10. The minimum atomic E-state index is -0.568. The Hall–Kier alpha value is -4.59. The van der Waals surface area contributed by atoms with Crippen LogP contribution in [0, 0.1) is 11.8 Å². The van der Waals surface area contributed by atoms with E-state index in [0.717, 1.165) is 24.5 Å². The lowest BCUT2D eigenvalue weighted by Gasteiger charge is -2.28. The number of nitrogens with two attached hydrogens (primary N) is 1. The first kappa shape index (κ1) is 27.4. The highest BCUT2D eigenvalue weighted by atomic mass is 16.6. The van der Waals surface area contributed by atoms with Crippen LogP contribution in [0.1, 0.15) is 39.9 Å². The lowest BCUT2D eigenvalue weighted by Crippen LogP contribution is -2.35. The summed E-state index contributed by atoms with van der Waals surface area (Å²) in [5.41, 5.74) is 7.61. The molecular formula is C28H34N8O3. The Morgan fingerprint density at radius 2 is 2.00 bits per heavy atom. The number of rotatable bonds is 4. The van der Waals surface area contributed by atoms with Crippen molar-refractivity contribution in [3.05, 3.63) is 48.4 Å². The molecule has 204 valence electrons. The number of amides is 1. The summed E-state index contributed by atoms with van der Waals surface area (Å²) in [5.74, 6) is 7.42. The molecule has 0 spiro atoms. The predicted molar refractivity (Wildman–Crippen MR) is 150 cm³/mol. The molecule has 1 saturated heterocycles. The van der Waals surface area contributed by atoms with Crippen LogP contribution in [0.15, 0.2) is 42.6 Å². The van der Waals surface area contributed by atoms with Gasteiger partial charge in [-0.25, -0.2) is 14.8 Å². The van der Waals surface area contributed by atoms with Gasteiger partial charge in [-0.3, -0.25) is 0 Å². The first-order chi connectivity index (χ1) is 18.6. The lowest BCUT2D eigenvalue weighted by atomic mass is 10.1. The van der Waals surface area contributed by atoms with Crippen molar-refractivity contribution in [1.82, 2.24) is 25.5 Å². The number of nitrogen functional groups attached to an aromatic ring is 1. The van der Waals surface area contributed by atoms with Crippen molar-refractivity contribution in [1.29, 1.82) is 0 Å². The lowest BCUT2D eigenvalue weighted by molar-refractivity contribution is 0.0535. The SMILES string of the molecule is CC1CCN(c2cc(-c3ccccc3O)nnc2N)CCN1c1ccnc(C#CCNC(=O)OC(C)(C)C)n1. The molecule has 4 N–H and O–H groups in total. The summed E-state index contributed by atoms with van der Waals surface area (Å²) in [6.07, 6.45) is 2.03. The number of nitrogens with one attached hydrogen (secondary N) is 1. The van der Waals surface area contributed by atoms with Crippen LogP contribution in [0.4, 0.5) is 22.1 Å². The summed E-state index contributed by atoms with van der Waals surface area (Å²) >= 11 is 0. The number of aromatic hydroxyl groups is 1. The fraction of sp³-hybridized carbons (Fsp3) is 0.393. The number of nitrogens with zero attached hydrogens (tertiary/aromatic N) is 6. The molecule has 0 aliphatic carbocycles. The zero-order chi connectivity index (χ0) is 28.0. The van der Waals surface area contributed by atoms with Gasteiger partial charge in [-0.1, -0.05) is 18.1 Å². The summed E-state index contributed by atoms with van der Waals surface area (Å²) in [5, 5.41) is 21.2. The fourth-order valence-electron chi connectivity index (χ4n) is 4.23. The van der Waals surface area contributed by atoms with E-state index in [4.69, 9.17) is 10.5 Å². The Labute approximate surface area is 228 Å². The number of para-hydroxylation sites is 1. The molecule has 11 heteroatoms.